The predicted octanol–water partition coefficient (Wildman–Crippen LogP) is 2.77. The average Bonchev–Trinajstić information content (AvgIpc) is 2.46. The molecule has 1 aromatic rings. The Labute approximate surface area is 131 Å². The SMILES string of the molecule is COc1cc2c(c(OC)c1)CN(C)C(/N=C(/N)C=C(C)C)=C2. The standard InChI is InChI=1S/C17H23N3O2/c1-11(2)6-16(18)19-17-8-12-7-13(21-4)9-15(22-5)14(12)10-20(17)3/h6-9H,10H2,1-5H3,(H2,18,19). The van der Waals surface area contributed by atoms with E-state index in [1.54, 1.807) is 14.2 Å². The van der Waals surface area contributed by atoms with Crippen molar-refractivity contribution in [1.82, 2.24) is 4.90 Å². The van der Waals surface area contributed by atoms with E-state index in [-0.39, 0.29) is 0 Å². The van der Waals surface area contributed by atoms with Crippen molar-refractivity contribution in [2.24, 2.45) is 10.7 Å². The first kappa shape index (κ1) is 15.9. The van der Waals surface area contributed by atoms with Crippen LogP contribution in [-0.2, 0) is 6.54 Å². The molecule has 118 valence electrons. The minimum atomic E-state index is 0.497. The van der Waals surface area contributed by atoms with Gasteiger partial charge in [-0.25, -0.2) is 4.99 Å². The Balaban J connectivity index is 2.48. The fourth-order valence-electron chi connectivity index (χ4n) is 2.38. The van der Waals surface area contributed by atoms with E-state index >= 15 is 0 Å². The molecule has 1 aromatic carbocycles. The number of aliphatic imine (C=N–C) groups is 1. The van der Waals surface area contributed by atoms with E-state index in [1.165, 1.54) is 0 Å². The summed E-state index contributed by atoms with van der Waals surface area (Å²) < 4.78 is 10.8. The molecule has 0 spiro atoms. The van der Waals surface area contributed by atoms with Crippen molar-refractivity contribution in [2.75, 3.05) is 21.3 Å². The minimum absolute atomic E-state index is 0.497. The summed E-state index contributed by atoms with van der Waals surface area (Å²) in [6.45, 7) is 4.69. The number of nitrogens with zero attached hydrogens (tertiary/aromatic N) is 2. The van der Waals surface area contributed by atoms with Crippen LogP contribution in [0.15, 0.2) is 34.6 Å². The molecule has 0 atom stereocenters. The Morgan fingerprint density at radius 3 is 2.59 bits per heavy atom. The lowest BCUT2D eigenvalue weighted by molar-refractivity contribution is 0.365. The maximum atomic E-state index is 5.96. The molecular weight excluding hydrogens is 278 g/mol. The molecule has 0 aromatic heterocycles. The molecule has 0 bridgehead atoms. The second-order valence-electron chi connectivity index (χ2n) is 5.51. The van der Waals surface area contributed by atoms with Crippen LogP contribution in [0.5, 0.6) is 11.5 Å². The molecule has 22 heavy (non-hydrogen) atoms. The van der Waals surface area contributed by atoms with E-state index in [0.29, 0.717) is 12.4 Å². The van der Waals surface area contributed by atoms with Crippen LogP contribution in [0, 0.1) is 0 Å². The van der Waals surface area contributed by atoms with Gasteiger partial charge in [-0.15, -0.1) is 0 Å². The normalized spacial score (nSPS) is 14.1. The quantitative estimate of drug-likeness (QED) is 0.686. The second kappa shape index (κ2) is 6.56. The number of rotatable bonds is 4. The van der Waals surface area contributed by atoms with Crippen LogP contribution in [-0.4, -0.2) is 32.0 Å². The van der Waals surface area contributed by atoms with Crippen molar-refractivity contribution in [3.05, 3.63) is 40.7 Å². The number of hydrogen-bond acceptors (Lipinski definition) is 4. The molecule has 1 aliphatic heterocycles. The summed E-state index contributed by atoms with van der Waals surface area (Å²) in [7, 11) is 5.29. The van der Waals surface area contributed by atoms with E-state index in [4.69, 9.17) is 15.2 Å². The molecule has 0 fully saturated rings. The third-order valence-corrected chi connectivity index (χ3v) is 3.42. The van der Waals surface area contributed by atoms with Crippen molar-refractivity contribution >= 4 is 11.9 Å². The molecular formula is C17H23N3O2. The van der Waals surface area contributed by atoms with Gasteiger partial charge in [0.1, 0.15) is 23.2 Å². The smallest absolute Gasteiger partial charge is 0.131 e. The molecule has 0 saturated carbocycles. The highest BCUT2D eigenvalue weighted by Crippen LogP contribution is 2.35. The van der Waals surface area contributed by atoms with Gasteiger partial charge in [-0.1, -0.05) is 5.57 Å². The van der Waals surface area contributed by atoms with Gasteiger partial charge in [0, 0.05) is 25.2 Å². The van der Waals surface area contributed by atoms with Gasteiger partial charge >= 0.3 is 0 Å². The lowest BCUT2D eigenvalue weighted by Crippen LogP contribution is -2.23. The van der Waals surface area contributed by atoms with Crippen LogP contribution < -0.4 is 15.2 Å². The number of hydrogen-bond donors (Lipinski definition) is 1. The summed E-state index contributed by atoms with van der Waals surface area (Å²) >= 11 is 0. The molecule has 0 saturated heterocycles. The molecule has 0 radical (unpaired) electrons. The monoisotopic (exact) mass is 301 g/mol. The van der Waals surface area contributed by atoms with Crippen molar-refractivity contribution < 1.29 is 9.47 Å². The number of ether oxygens (including phenoxy) is 2. The van der Waals surface area contributed by atoms with Gasteiger partial charge in [-0.05, 0) is 37.6 Å². The Morgan fingerprint density at radius 2 is 2.00 bits per heavy atom. The zero-order chi connectivity index (χ0) is 16.3. The summed E-state index contributed by atoms with van der Waals surface area (Å²) in [5.74, 6) is 2.89. The first-order valence-corrected chi connectivity index (χ1v) is 7.11. The van der Waals surface area contributed by atoms with Crippen LogP contribution in [0.4, 0.5) is 0 Å². The number of nitrogens with two attached hydrogens (primary N) is 1. The first-order chi connectivity index (χ1) is 10.4. The van der Waals surface area contributed by atoms with Gasteiger partial charge in [-0.2, -0.15) is 0 Å². The van der Waals surface area contributed by atoms with Crippen LogP contribution in [0.3, 0.4) is 0 Å². The highest BCUT2D eigenvalue weighted by Gasteiger charge is 2.19. The second-order valence-corrected chi connectivity index (χ2v) is 5.51. The van der Waals surface area contributed by atoms with E-state index in [2.05, 4.69) is 4.99 Å². The number of methoxy groups -OCH3 is 2. The van der Waals surface area contributed by atoms with Crippen LogP contribution in [0.25, 0.3) is 6.08 Å². The number of fused-ring (bicyclic) bond motifs is 1. The summed E-state index contributed by atoms with van der Waals surface area (Å²) in [5.41, 5.74) is 9.23. The maximum Gasteiger partial charge on any atom is 0.131 e. The fraction of sp³-hybridized carbons (Fsp3) is 0.353. The molecule has 1 heterocycles. The summed E-state index contributed by atoms with van der Waals surface area (Å²) in [6, 6.07) is 3.88. The molecule has 5 nitrogen and oxygen atoms in total. The zero-order valence-corrected chi connectivity index (χ0v) is 13.8. The lowest BCUT2D eigenvalue weighted by Gasteiger charge is -2.27. The van der Waals surface area contributed by atoms with E-state index < -0.39 is 0 Å². The minimum Gasteiger partial charge on any atom is -0.497 e. The van der Waals surface area contributed by atoms with E-state index in [0.717, 1.165) is 34.0 Å². The summed E-state index contributed by atoms with van der Waals surface area (Å²) in [5, 5.41) is 0. The Hall–Kier alpha value is -2.43. The molecule has 0 amide bonds. The summed E-state index contributed by atoms with van der Waals surface area (Å²) in [4.78, 5) is 6.54. The first-order valence-electron chi connectivity index (χ1n) is 7.11. The molecule has 5 heteroatoms. The maximum absolute atomic E-state index is 5.96. The van der Waals surface area contributed by atoms with Crippen molar-refractivity contribution in [2.45, 2.75) is 20.4 Å². The topological polar surface area (TPSA) is 60.1 Å². The molecule has 2 rings (SSSR count). The van der Waals surface area contributed by atoms with Crippen molar-refractivity contribution in [3.63, 3.8) is 0 Å². The Morgan fingerprint density at radius 1 is 1.27 bits per heavy atom. The molecule has 0 aliphatic carbocycles. The average molecular weight is 301 g/mol. The Bertz CT molecular complexity index is 656. The summed E-state index contributed by atoms with van der Waals surface area (Å²) in [6.07, 6.45) is 3.85. The predicted molar refractivity (Wildman–Crippen MR) is 90.0 cm³/mol. The van der Waals surface area contributed by atoms with Crippen LogP contribution >= 0.6 is 0 Å². The highest BCUT2D eigenvalue weighted by atomic mass is 16.5. The number of amidine groups is 1. The zero-order valence-electron chi connectivity index (χ0n) is 13.8. The largest absolute Gasteiger partial charge is 0.497 e. The molecule has 2 N–H and O–H groups in total. The van der Waals surface area contributed by atoms with E-state index in [1.807, 2.05) is 50.1 Å². The lowest BCUT2D eigenvalue weighted by atomic mass is 10.0. The van der Waals surface area contributed by atoms with Gasteiger partial charge in [-0.3, -0.25) is 0 Å². The van der Waals surface area contributed by atoms with Gasteiger partial charge in [0.2, 0.25) is 0 Å². The number of benzene rings is 1. The number of allylic oxidation sites excluding steroid dienone is 1. The van der Waals surface area contributed by atoms with E-state index in [9.17, 15) is 0 Å². The molecule has 1 aliphatic rings. The van der Waals surface area contributed by atoms with Gasteiger partial charge < -0.3 is 20.1 Å². The Kier molecular flexibility index (Phi) is 4.75. The van der Waals surface area contributed by atoms with Gasteiger partial charge in [0.25, 0.3) is 0 Å². The van der Waals surface area contributed by atoms with Crippen molar-refractivity contribution in [3.8, 4) is 11.5 Å². The fourth-order valence-corrected chi connectivity index (χ4v) is 2.38. The third-order valence-electron chi connectivity index (χ3n) is 3.42. The van der Waals surface area contributed by atoms with Gasteiger partial charge in [0.05, 0.1) is 14.2 Å². The third kappa shape index (κ3) is 3.42. The van der Waals surface area contributed by atoms with Crippen LogP contribution in [0.1, 0.15) is 25.0 Å². The highest BCUT2D eigenvalue weighted by molar-refractivity contribution is 5.93. The molecule has 0 unspecified atom stereocenters. The van der Waals surface area contributed by atoms with Gasteiger partial charge in [0.15, 0.2) is 0 Å². The van der Waals surface area contributed by atoms with Crippen LogP contribution in [0.2, 0.25) is 0 Å². The van der Waals surface area contributed by atoms with Crippen molar-refractivity contribution in [1.29, 1.82) is 0 Å².